The third-order valence-electron chi connectivity index (χ3n) is 3.63. The summed E-state index contributed by atoms with van der Waals surface area (Å²) >= 11 is 5.82. The van der Waals surface area contributed by atoms with Crippen LogP contribution in [0.3, 0.4) is 0 Å². The maximum absolute atomic E-state index is 12.5. The summed E-state index contributed by atoms with van der Waals surface area (Å²) in [4.78, 5) is 16.9. The number of nitrogens with one attached hydrogen (secondary N) is 1. The number of rotatable bonds is 5. The van der Waals surface area contributed by atoms with Crippen molar-refractivity contribution in [1.82, 2.24) is 14.7 Å². The number of carbonyl (C=O) groups excluding carboxylic acids is 1. The highest BCUT2D eigenvalue weighted by Crippen LogP contribution is 2.15. The summed E-state index contributed by atoms with van der Waals surface area (Å²) in [5.41, 5.74) is 3.09. The fraction of sp³-hybridized carbons (Fsp3) is 0.222. The van der Waals surface area contributed by atoms with E-state index in [4.69, 9.17) is 16.3 Å². The number of benzene rings is 1. The van der Waals surface area contributed by atoms with Gasteiger partial charge in [0.25, 0.3) is 5.91 Å². The molecule has 0 fully saturated rings. The minimum Gasteiger partial charge on any atom is -0.492 e. The minimum atomic E-state index is -0.162. The van der Waals surface area contributed by atoms with E-state index >= 15 is 0 Å². The van der Waals surface area contributed by atoms with Crippen LogP contribution >= 0.6 is 11.6 Å². The lowest BCUT2D eigenvalue weighted by Gasteiger charge is -2.08. The lowest BCUT2D eigenvalue weighted by molar-refractivity contribution is 0.0940. The van der Waals surface area contributed by atoms with Crippen LogP contribution in [-0.4, -0.2) is 28.4 Å². The van der Waals surface area contributed by atoms with E-state index in [1.807, 2.05) is 36.6 Å². The van der Waals surface area contributed by atoms with Crippen LogP contribution in [0.1, 0.15) is 21.7 Å². The molecule has 1 N–H and O–H groups in total. The maximum Gasteiger partial charge on any atom is 0.270 e. The van der Waals surface area contributed by atoms with Gasteiger partial charge < -0.3 is 10.1 Å². The Morgan fingerprint density at radius 3 is 2.71 bits per heavy atom. The average Bonchev–Trinajstić information content (AvgIpc) is 2.88. The Kier molecular flexibility index (Phi) is 4.71. The quantitative estimate of drug-likeness (QED) is 0.722. The summed E-state index contributed by atoms with van der Waals surface area (Å²) in [7, 11) is 0. The van der Waals surface area contributed by atoms with Crippen molar-refractivity contribution in [3.63, 3.8) is 0 Å². The normalized spacial score (nSPS) is 10.8. The number of carbonyl (C=O) groups is 1. The monoisotopic (exact) mass is 343 g/mol. The number of hydrogen-bond donors (Lipinski definition) is 1. The zero-order chi connectivity index (χ0) is 17.1. The Balaban J connectivity index is 1.62. The van der Waals surface area contributed by atoms with E-state index < -0.39 is 0 Å². The first-order valence-corrected chi connectivity index (χ1v) is 8.04. The first-order chi connectivity index (χ1) is 11.5. The van der Waals surface area contributed by atoms with Crippen LogP contribution in [0.15, 0.2) is 42.6 Å². The standard InChI is InChI=1S/C18H18ClN3O2/c1-12-3-8-16-21-13(2)17(22(16)11-12)18(23)20-9-10-24-15-6-4-14(19)5-7-15/h3-8,11H,9-10H2,1-2H3,(H,20,23). The number of halogens is 1. The van der Waals surface area contributed by atoms with Gasteiger partial charge in [-0.1, -0.05) is 17.7 Å². The third-order valence-corrected chi connectivity index (χ3v) is 3.88. The summed E-state index contributed by atoms with van der Waals surface area (Å²) in [6, 6.07) is 11.0. The number of fused-ring (bicyclic) bond motifs is 1. The van der Waals surface area contributed by atoms with Gasteiger partial charge in [0.1, 0.15) is 23.7 Å². The Bertz CT molecular complexity index is 872. The van der Waals surface area contributed by atoms with Crippen molar-refractivity contribution < 1.29 is 9.53 Å². The van der Waals surface area contributed by atoms with Crippen LogP contribution in [0.4, 0.5) is 0 Å². The van der Waals surface area contributed by atoms with Crippen LogP contribution in [0.2, 0.25) is 5.02 Å². The molecule has 0 unspecified atom stereocenters. The number of pyridine rings is 1. The lowest BCUT2D eigenvalue weighted by atomic mass is 10.3. The Hall–Kier alpha value is -2.53. The van der Waals surface area contributed by atoms with E-state index in [9.17, 15) is 4.79 Å². The van der Waals surface area contributed by atoms with Gasteiger partial charge in [-0.05, 0) is 49.7 Å². The number of aryl methyl sites for hydroxylation is 2. The van der Waals surface area contributed by atoms with E-state index in [1.165, 1.54) is 0 Å². The van der Waals surface area contributed by atoms with Crippen molar-refractivity contribution in [1.29, 1.82) is 0 Å². The van der Waals surface area contributed by atoms with Crippen molar-refractivity contribution in [2.75, 3.05) is 13.2 Å². The zero-order valence-corrected chi connectivity index (χ0v) is 14.3. The maximum atomic E-state index is 12.5. The number of nitrogens with zero attached hydrogens (tertiary/aromatic N) is 2. The van der Waals surface area contributed by atoms with Crippen molar-refractivity contribution in [3.8, 4) is 5.75 Å². The van der Waals surface area contributed by atoms with Crippen molar-refractivity contribution in [3.05, 3.63) is 64.6 Å². The van der Waals surface area contributed by atoms with Gasteiger partial charge >= 0.3 is 0 Å². The molecule has 2 aromatic heterocycles. The number of hydrogen-bond acceptors (Lipinski definition) is 3. The van der Waals surface area contributed by atoms with Crippen LogP contribution < -0.4 is 10.1 Å². The molecule has 3 aromatic rings. The highest BCUT2D eigenvalue weighted by Gasteiger charge is 2.16. The number of imidazole rings is 1. The van der Waals surface area contributed by atoms with E-state index in [2.05, 4.69) is 10.3 Å². The lowest BCUT2D eigenvalue weighted by Crippen LogP contribution is -2.29. The molecule has 0 atom stereocenters. The predicted molar refractivity (Wildman–Crippen MR) is 93.9 cm³/mol. The average molecular weight is 344 g/mol. The SMILES string of the molecule is Cc1ccc2nc(C)c(C(=O)NCCOc3ccc(Cl)cc3)n2c1. The van der Waals surface area contributed by atoms with Gasteiger partial charge in [0.2, 0.25) is 0 Å². The van der Waals surface area contributed by atoms with E-state index in [1.54, 1.807) is 24.3 Å². The Morgan fingerprint density at radius 2 is 1.96 bits per heavy atom. The van der Waals surface area contributed by atoms with Crippen molar-refractivity contribution in [2.24, 2.45) is 0 Å². The fourth-order valence-corrected chi connectivity index (χ4v) is 2.62. The highest BCUT2D eigenvalue weighted by molar-refractivity contribution is 6.30. The molecule has 0 radical (unpaired) electrons. The molecule has 24 heavy (non-hydrogen) atoms. The van der Waals surface area contributed by atoms with Gasteiger partial charge in [-0.15, -0.1) is 0 Å². The molecule has 0 aliphatic carbocycles. The van der Waals surface area contributed by atoms with Crippen LogP contribution in [0, 0.1) is 13.8 Å². The van der Waals surface area contributed by atoms with Crippen molar-refractivity contribution in [2.45, 2.75) is 13.8 Å². The van der Waals surface area contributed by atoms with Crippen LogP contribution in [0.5, 0.6) is 5.75 Å². The first kappa shape index (κ1) is 16.3. The summed E-state index contributed by atoms with van der Waals surface area (Å²) in [6.07, 6.45) is 1.91. The molecule has 6 heteroatoms. The molecule has 1 aromatic carbocycles. The predicted octanol–water partition coefficient (Wildman–Crippen LogP) is 3.41. The Morgan fingerprint density at radius 1 is 1.21 bits per heavy atom. The zero-order valence-electron chi connectivity index (χ0n) is 13.5. The smallest absolute Gasteiger partial charge is 0.270 e. The summed E-state index contributed by atoms with van der Waals surface area (Å²) < 4.78 is 7.39. The molecule has 0 spiro atoms. The Labute approximate surface area is 145 Å². The molecule has 3 rings (SSSR count). The second kappa shape index (κ2) is 6.93. The molecular formula is C18H18ClN3O2. The van der Waals surface area contributed by atoms with Gasteiger partial charge in [0.05, 0.1) is 12.2 Å². The third kappa shape index (κ3) is 3.51. The largest absolute Gasteiger partial charge is 0.492 e. The minimum absolute atomic E-state index is 0.162. The first-order valence-electron chi connectivity index (χ1n) is 7.66. The number of amides is 1. The van der Waals surface area contributed by atoms with E-state index in [0.717, 1.165) is 17.0 Å². The molecule has 0 saturated heterocycles. The van der Waals surface area contributed by atoms with Crippen molar-refractivity contribution >= 4 is 23.2 Å². The summed E-state index contributed by atoms with van der Waals surface area (Å²) in [6.45, 7) is 4.60. The summed E-state index contributed by atoms with van der Waals surface area (Å²) in [5, 5.41) is 3.53. The van der Waals surface area contributed by atoms with E-state index in [-0.39, 0.29) is 5.91 Å². The van der Waals surface area contributed by atoms with E-state index in [0.29, 0.717) is 29.6 Å². The fourth-order valence-electron chi connectivity index (χ4n) is 2.49. The second-order valence-electron chi connectivity index (χ2n) is 5.54. The van der Waals surface area contributed by atoms with Crippen LogP contribution in [-0.2, 0) is 0 Å². The molecule has 0 bridgehead atoms. The molecule has 0 aliphatic heterocycles. The topological polar surface area (TPSA) is 55.6 Å². The molecule has 2 heterocycles. The summed E-state index contributed by atoms with van der Waals surface area (Å²) in [5.74, 6) is 0.556. The number of aromatic nitrogens is 2. The van der Waals surface area contributed by atoms with Gasteiger partial charge in [0.15, 0.2) is 0 Å². The molecule has 0 saturated carbocycles. The van der Waals surface area contributed by atoms with Gasteiger partial charge in [-0.3, -0.25) is 9.20 Å². The molecule has 1 amide bonds. The number of ether oxygens (including phenoxy) is 1. The van der Waals surface area contributed by atoms with Crippen LogP contribution in [0.25, 0.3) is 5.65 Å². The molecule has 124 valence electrons. The molecule has 0 aliphatic rings. The van der Waals surface area contributed by atoms with Gasteiger partial charge in [-0.25, -0.2) is 4.98 Å². The molecular weight excluding hydrogens is 326 g/mol. The van der Waals surface area contributed by atoms with Gasteiger partial charge in [-0.2, -0.15) is 0 Å². The molecule has 5 nitrogen and oxygen atoms in total. The highest BCUT2D eigenvalue weighted by atomic mass is 35.5. The van der Waals surface area contributed by atoms with Gasteiger partial charge in [0, 0.05) is 11.2 Å². The second-order valence-corrected chi connectivity index (χ2v) is 5.98.